The van der Waals surface area contributed by atoms with E-state index >= 15 is 0 Å². The first-order valence-electron chi connectivity index (χ1n) is 3.46. The molecule has 1 aliphatic carbocycles. The zero-order valence-corrected chi connectivity index (χ0v) is 7.86. The molecule has 0 bridgehead atoms. The number of sulfone groups is 1. The topological polar surface area (TPSA) is 43.4 Å². The highest BCUT2D eigenvalue weighted by Gasteiger charge is 2.32. The van der Waals surface area contributed by atoms with Crippen LogP contribution in [0.4, 0.5) is 0 Å². The minimum Gasteiger partial charge on any atom is -0.276 e. The van der Waals surface area contributed by atoms with Crippen molar-refractivity contribution in [3.63, 3.8) is 0 Å². The molecule has 11 heavy (non-hydrogen) atoms. The largest absolute Gasteiger partial charge is 0.276 e. The van der Waals surface area contributed by atoms with Crippen molar-refractivity contribution < 1.29 is 12.7 Å². The Kier molecular flexibility index (Phi) is 2.78. The van der Waals surface area contributed by atoms with Gasteiger partial charge in [-0.2, -0.15) is 0 Å². The van der Waals surface area contributed by atoms with Gasteiger partial charge in [-0.3, -0.25) is 4.29 Å². The van der Waals surface area contributed by atoms with Gasteiger partial charge in [0.1, 0.15) is 9.84 Å². The van der Waals surface area contributed by atoms with Crippen LogP contribution in [-0.2, 0) is 14.1 Å². The molecule has 0 saturated heterocycles. The quantitative estimate of drug-likeness (QED) is 0.679. The molecule has 0 aromatic heterocycles. The van der Waals surface area contributed by atoms with Gasteiger partial charge < -0.3 is 0 Å². The van der Waals surface area contributed by atoms with Crippen molar-refractivity contribution in [1.82, 2.24) is 0 Å². The molecule has 0 amide bonds. The minimum absolute atomic E-state index is 0.0726. The monoisotopic (exact) mass is 198 g/mol. The van der Waals surface area contributed by atoms with E-state index in [1.165, 1.54) is 6.26 Å². The number of halogens is 1. The Hall–Kier alpha value is 0.200. The molecule has 0 atom stereocenters. The summed E-state index contributed by atoms with van der Waals surface area (Å²) in [4.78, 5) is 0. The Morgan fingerprint density at radius 3 is 2.45 bits per heavy atom. The van der Waals surface area contributed by atoms with E-state index < -0.39 is 9.84 Å². The van der Waals surface area contributed by atoms with Gasteiger partial charge in [0.15, 0.2) is 0 Å². The van der Waals surface area contributed by atoms with E-state index in [9.17, 15) is 8.42 Å². The molecule has 66 valence electrons. The van der Waals surface area contributed by atoms with E-state index in [1.54, 1.807) is 0 Å². The van der Waals surface area contributed by atoms with E-state index in [4.69, 9.17) is 11.9 Å². The van der Waals surface area contributed by atoms with Crippen LogP contribution in [0, 0.1) is 5.92 Å². The number of hydrogen-bond acceptors (Lipinski definition) is 3. The van der Waals surface area contributed by atoms with Crippen LogP contribution in [-0.4, -0.2) is 26.5 Å². The van der Waals surface area contributed by atoms with E-state index in [-0.39, 0.29) is 17.8 Å². The van der Waals surface area contributed by atoms with Crippen molar-refractivity contribution in [2.24, 2.45) is 5.92 Å². The lowest BCUT2D eigenvalue weighted by molar-refractivity contribution is 0.0857. The van der Waals surface area contributed by atoms with Crippen molar-refractivity contribution in [1.29, 1.82) is 0 Å². The van der Waals surface area contributed by atoms with Gasteiger partial charge in [-0.1, -0.05) is 0 Å². The maximum absolute atomic E-state index is 10.8. The summed E-state index contributed by atoms with van der Waals surface area (Å²) in [6, 6.07) is 0. The second kappa shape index (κ2) is 3.29. The zero-order chi connectivity index (χ0) is 8.48. The van der Waals surface area contributed by atoms with Crippen LogP contribution in [0.3, 0.4) is 0 Å². The van der Waals surface area contributed by atoms with Crippen molar-refractivity contribution in [3.8, 4) is 0 Å². The summed E-state index contributed by atoms with van der Waals surface area (Å²) in [7, 11) is -2.81. The van der Waals surface area contributed by atoms with Crippen LogP contribution < -0.4 is 0 Å². The summed E-state index contributed by atoms with van der Waals surface area (Å²) in [5.41, 5.74) is 0. The molecule has 0 radical (unpaired) electrons. The molecule has 1 saturated carbocycles. The second-order valence-electron chi connectivity index (χ2n) is 3.14. The van der Waals surface area contributed by atoms with Gasteiger partial charge in [0.2, 0.25) is 0 Å². The van der Waals surface area contributed by atoms with Gasteiger partial charge in [-0.25, -0.2) is 8.42 Å². The molecular weight excluding hydrogens is 188 g/mol. The molecular formula is C6H11ClO3S. The molecule has 3 nitrogen and oxygen atoms in total. The average molecular weight is 199 g/mol. The fraction of sp³-hybridized carbons (Fsp3) is 1.00. The molecule has 1 rings (SSSR count). The van der Waals surface area contributed by atoms with E-state index in [2.05, 4.69) is 4.29 Å². The molecule has 0 aromatic rings. The highest BCUT2D eigenvalue weighted by atomic mass is 35.5. The molecule has 1 fully saturated rings. The van der Waals surface area contributed by atoms with E-state index in [0.29, 0.717) is 0 Å². The lowest BCUT2D eigenvalue weighted by Gasteiger charge is -2.31. The summed E-state index contributed by atoms with van der Waals surface area (Å²) in [6.45, 7) is 0. The van der Waals surface area contributed by atoms with Gasteiger partial charge in [-0.15, -0.1) is 0 Å². The normalized spacial score (nSPS) is 31.5. The second-order valence-corrected chi connectivity index (χ2v) is 5.50. The van der Waals surface area contributed by atoms with Crippen LogP contribution in [0.25, 0.3) is 0 Å². The van der Waals surface area contributed by atoms with Crippen LogP contribution in [0.15, 0.2) is 0 Å². The molecule has 0 heterocycles. The SMILES string of the molecule is CS(=O)(=O)C[C@H]1C[C@@H](OCl)C1. The summed E-state index contributed by atoms with van der Waals surface area (Å²) < 4.78 is 26.0. The maximum atomic E-state index is 10.8. The molecule has 0 spiro atoms. The number of hydrogen-bond donors (Lipinski definition) is 0. The van der Waals surface area contributed by atoms with Gasteiger partial charge >= 0.3 is 0 Å². The van der Waals surface area contributed by atoms with Gasteiger partial charge in [0.25, 0.3) is 0 Å². The Bertz CT molecular complexity index is 218. The first-order valence-corrected chi connectivity index (χ1v) is 5.83. The molecule has 0 N–H and O–H groups in total. The zero-order valence-electron chi connectivity index (χ0n) is 6.29. The average Bonchev–Trinajstić information content (AvgIpc) is 1.75. The summed E-state index contributed by atoms with van der Waals surface area (Å²) in [5.74, 6) is 0.526. The minimum atomic E-state index is -2.81. The molecule has 0 aromatic carbocycles. The van der Waals surface area contributed by atoms with Crippen LogP contribution >= 0.6 is 11.9 Å². The van der Waals surface area contributed by atoms with Crippen molar-refractivity contribution in [2.75, 3.05) is 12.0 Å². The third kappa shape index (κ3) is 2.97. The Balaban J connectivity index is 2.24. The van der Waals surface area contributed by atoms with Gasteiger partial charge in [-0.05, 0) is 18.8 Å². The molecule has 0 unspecified atom stereocenters. The van der Waals surface area contributed by atoms with Crippen molar-refractivity contribution >= 4 is 21.7 Å². The summed E-state index contributed by atoms with van der Waals surface area (Å²) >= 11 is 5.09. The third-order valence-corrected chi connectivity index (χ3v) is 3.19. The molecule has 5 heteroatoms. The highest BCUT2D eigenvalue weighted by Crippen LogP contribution is 2.31. The first-order chi connectivity index (χ1) is 5.01. The molecule has 1 aliphatic rings. The summed E-state index contributed by atoms with van der Waals surface area (Å²) in [5, 5.41) is 0. The Morgan fingerprint density at radius 2 is 2.09 bits per heavy atom. The van der Waals surface area contributed by atoms with Gasteiger partial charge in [0.05, 0.1) is 23.7 Å². The van der Waals surface area contributed by atoms with Crippen molar-refractivity contribution in [2.45, 2.75) is 18.9 Å². The fourth-order valence-electron chi connectivity index (χ4n) is 1.31. The lowest BCUT2D eigenvalue weighted by Crippen LogP contribution is -2.33. The van der Waals surface area contributed by atoms with E-state index in [0.717, 1.165) is 12.8 Å². The predicted octanol–water partition coefficient (Wildman–Crippen LogP) is 0.980. The maximum Gasteiger partial charge on any atom is 0.147 e. The number of rotatable bonds is 3. The fourth-order valence-corrected chi connectivity index (χ4v) is 2.59. The lowest BCUT2D eigenvalue weighted by atomic mass is 9.84. The van der Waals surface area contributed by atoms with Crippen molar-refractivity contribution in [3.05, 3.63) is 0 Å². The van der Waals surface area contributed by atoms with Gasteiger partial charge in [0, 0.05) is 6.26 Å². The van der Waals surface area contributed by atoms with Crippen LogP contribution in [0.5, 0.6) is 0 Å². The highest BCUT2D eigenvalue weighted by molar-refractivity contribution is 7.90. The Labute approximate surface area is 71.8 Å². The first kappa shape index (κ1) is 9.29. The smallest absolute Gasteiger partial charge is 0.147 e. The van der Waals surface area contributed by atoms with Crippen LogP contribution in [0.1, 0.15) is 12.8 Å². The van der Waals surface area contributed by atoms with Crippen LogP contribution in [0.2, 0.25) is 0 Å². The standard InChI is InChI=1S/C6H11ClO3S/c1-11(8,9)4-5-2-6(3-5)10-7/h5-6H,2-4H2,1H3/t5-,6+. The molecule has 0 aliphatic heterocycles. The van der Waals surface area contributed by atoms with E-state index in [1.807, 2.05) is 0 Å². The predicted molar refractivity (Wildman–Crippen MR) is 43.2 cm³/mol. The summed E-state index contributed by atoms with van der Waals surface area (Å²) in [6.07, 6.45) is 2.87. The third-order valence-electron chi connectivity index (χ3n) is 1.86. The Morgan fingerprint density at radius 1 is 1.55 bits per heavy atom.